The van der Waals surface area contributed by atoms with Crippen molar-refractivity contribution in [1.82, 2.24) is 9.97 Å². The zero-order valence-electron chi connectivity index (χ0n) is 9.50. The first-order valence-electron chi connectivity index (χ1n) is 5.63. The van der Waals surface area contributed by atoms with Gasteiger partial charge in [0.2, 0.25) is 0 Å². The van der Waals surface area contributed by atoms with Crippen molar-refractivity contribution < 1.29 is 13.2 Å². The molecule has 2 rings (SSSR count). The van der Waals surface area contributed by atoms with Gasteiger partial charge in [-0.1, -0.05) is 22.4 Å². The van der Waals surface area contributed by atoms with Crippen LogP contribution in [0, 0.1) is 0 Å². The highest BCUT2D eigenvalue weighted by Crippen LogP contribution is 2.38. The molecule has 0 bridgehead atoms. The predicted molar refractivity (Wildman–Crippen MR) is 68.7 cm³/mol. The Balaban J connectivity index is 2.33. The molecule has 0 radical (unpaired) electrons. The third-order valence-electron chi connectivity index (χ3n) is 2.76. The summed E-state index contributed by atoms with van der Waals surface area (Å²) in [5.74, 6) is 1.28. The van der Waals surface area contributed by atoms with Gasteiger partial charge in [-0.25, -0.2) is 9.97 Å². The van der Waals surface area contributed by atoms with E-state index in [9.17, 15) is 13.2 Å². The van der Waals surface area contributed by atoms with Crippen LogP contribution < -0.4 is 0 Å². The van der Waals surface area contributed by atoms with E-state index in [4.69, 9.17) is 0 Å². The highest BCUT2D eigenvalue weighted by Gasteiger charge is 2.36. The smallest absolute Gasteiger partial charge is 0.240 e. The van der Waals surface area contributed by atoms with Gasteiger partial charge in [-0.3, -0.25) is 0 Å². The molecule has 2 nitrogen and oxygen atoms in total. The fraction of sp³-hybridized carbons (Fsp3) is 0.636. The Morgan fingerprint density at radius 2 is 2.17 bits per heavy atom. The summed E-state index contributed by atoms with van der Waals surface area (Å²) in [6.45, 7) is 0. The SMILES string of the molecule is FC(F)(F)c1nc(C2CCCCS2)ncc1CBr. The molecule has 1 unspecified atom stereocenters. The second-order valence-electron chi connectivity index (χ2n) is 4.09. The number of hydrogen-bond acceptors (Lipinski definition) is 3. The zero-order chi connectivity index (χ0) is 13.2. The van der Waals surface area contributed by atoms with E-state index in [0.717, 1.165) is 25.0 Å². The molecule has 1 saturated heterocycles. The number of nitrogens with zero attached hydrogens (tertiary/aromatic N) is 2. The fourth-order valence-electron chi connectivity index (χ4n) is 1.86. The van der Waals surface area contributed by atoms with Crippen LogP contribution in [0.1, 0.15) is 41.6 Å². The molecule has 0 amide bonds. The number of alkyl halides is 4. The van der Waals surface area contributed by atoms with Gasteiger partial charge in [-0.05, 0) is 18.6 Å². The predicted octanol–water partition coefficient (Wildman–Crippen LogP) is 4.35. The van der Waals surface area contributed by atoms with Crippen LogP contribution >= 0.6 is 27.7 Å². The van der Waals surface area contributed by atoms with Gasteiger partial charge in [0.15, 0.2) is 5.69 Å². The Kier molecular flexibility index (Phi) is 4.53. The van der Waals surface area contributed by atoms with Gasteiger partial charge < -0.3 is 0 Å². The van der Waals surface area contributed by atoms with E-state index < -0.39 is 11.9 Å². The minimum atomic E-state index is -4.42. The Morgan fingerprint density at radius 1 is 1.39 bits per heavy atom. The van der Waals surface area contributed by atoms with E-state index in [0.29, 0.717) is 5.82 Å². The highest BCUT2D eigenvalue weighted by atomic mass is 79.9. The molecule has 0 aromatic carbocycles. The van der Waals surface area contributed by atoms with E-state index in [1.165, 1.54) is 6.20 Å². The van der Waals surface area contributed by atoms with Gasteiger partial charge in [0, 0.05) is 17.1 Å². The second kappa shape index (κ2) is 5.77. The molecule has 100 valence electrons. The van der Waals surface area contributed by atoms with E-state index in [1.807, 2.05) is 0 Å². The molecular weight excluding hydrogens is 329 g/mol. The molecule has 1 aliphatic heterocycles. The van der Waals surface area contributed by atoms with Crippen molar-refractivity contribution in [2.75, 3.05) is 5.75 Å². The zero-order valence-corrected chi connectivity index (χ0v) is 11.9. The highest BCUT2D eigenvalue weighted by molar-refractivity contribution is 9.08. The molecule has 1 aromatic heterocycles. The first-order chi connectivity index (χ1) is 8.52. The summed E-state index contributed by atoms with van der Waals surface area (Å²) in [5, 5.41) is 0.115. The van der Waals surface area contributed by atoms with Crippen molar-refractivity contribution >= 4 is 27.7 Å². The van der Waals surface area contributed by atoms with Crippen LogP contribution in [0.4, 0.5) is 13.2 Å². The van der Waals surface area contributed by atoms with Gasteiger partial charge in [-0.2, -0.15) is 24.9 Å². The Bertz CT molecular complexity index is 419. The van der Waals surface area contributed by atoms with Gasteiger partial charge in [0.1, 0.15) is 5.82 Å². The van der Waals surface area contributed by atoms with Crippen LogP contribution in [0.2, 0.25) is 0 Å². The van der Waals surface area contributed by atoms with Crippen LogP contribution in [0.5, 0.6) is 0 Å². The largest absolute Gasteiger partial charge is 0.433 e. The normalized spacial score (nSPS) is 21.0. The van der Waals surface area contributed by atoms with Crippen molar-refractivity contribution in [1.29, 1.82) is 0 Å². The molecule has 1 aliphatic rings. The fourth-order valence-corrected chi connectivity index (χ4v) is 3.52. The first kappa shape index (κ1) is 14.1. The van der Waals surface area contributed by atoms with Crippen LogP contribution in [-0.4, -0.2) is 15.7 Å². The molecular formula is C11H12BrF3N2S. The van der Waals surface area contributed by atoms with Crippen molar-refractivity contribution in [3.05, 3.63) is 23.3 Å². The summed E-state index contributed by atoms with van der Waals surface area (Å²) < 4.78 is 38.6. The summed E-state index contributed by atoms with van der Waals surface area (Å²) >= 11 is 4.68. The summed E-state index contributed by atoms with van der Waals surface area (Å²) in [5.41, 5.74) is -0.720. The molecule has 1 atom stereocenters. The number of hydrogen-bond donors (Lipinski definition) is 0. The standard InChI is InChI=1S/C11H12BrF3N2S/c12-5-7-6-16-10(8-3-1-2-4-18-8)17-9(7)11(13,14)15/h6,8H,1-5H2. The topological polar surface area (TPSA) is 25.8 Å². The van der Waals surface area contributed by atoms with Crippen LogP contribution in [0.3, 0.4) is 0 Å². The second-order valence-corrected chi connectivity index (χ2v) is 5.96. The lowest BCUT2D eigenvalue weighted by Crippen LogP contribution is -2.16. The summed E-state index contributed by atoms with van der Waals surface area (Å²) in [6, 6.07) is 0. The maximum absolute atomic E-state index is 12.9. The maximum Gasteiger partial charge on any atom is 0.433 e. The van der Waals surface area contributed by atoms with E-state index in [2.05, 4.69) is 25.9 Å². The maximum atomic E-state index is 12.9. The summed E-state index contributed by atoms with van der Waals surface area (Å²) in [6.07, 6.45) is -0.125. The minimum Gasteiger partial charge on any atom is -0.240 e. The number of halogens is 4. The molecule has 0 saturated carbocycles. The molecule has 1 fully saturated rings. The van der Waals surface area contributed by atoms with Crippen molar-refractivity contribution in [3.63, 3.8) is 0 Å². The average Bonchev–Trinajstić information content (AvgIpc) is 2.38. The van der Waals surface area contributed by atoms with E-state index >= 15 is 0 Å². The average molecular weight is 341 g/mol. The molecule has 0 spiro atoms. The van der Waals surface area contributed by atoms with Crippen molar-refractivity contribution in [2.24, 2.45) is 0 Å². The molecule has 18 heavy (non-hydrogen) atoms. The summed E-state index contributed by atoms with van der Waals surface area (Å²) in [4.78, 5) is 7.84. The van der Waals surface area contributed by atoms with Crippen molar-refractivity contribution in [2.45, 2.75) is 36.0 Å². The van der Waals surface area contributed by atoms with E-state index in [1.54, 1.807) is 11.8 Å². The van der Waals surface area contributed by atoms with Gasteiger partial charge >= 0.3 is 6.18 Å². The first-order valence-corrected chi connectivity index (χ1v) is 7.80. The van der Waals surface area contributed by atoms with Crippen LogP contribution in [0.25, 0.3) is 0 Å². The van der Waals surface area contributed by atoms with Crippen LogP contribution in [0.15, 0.2) is 6.20 Å². The van der Waals surface area contributed by atoms with Gasteiger partial charge in [-0.15, -0.1) is 0 Å². The molecule has 1 aromatic rings. The van der Waals surface area contributed by atoms with Crippen LogP contribution in [-0.2, 0) is 11.5 Å². The lowest BCUT2D eigenvalue weighted by molar-refractivity contribution is -0.141. The Labute approximate surface area is 116 Å². The monoisotopic (exact) mass is 340 g/mol. The molecule has 0 N–H and O–H groups in total. The third kappa shape index (κ3) is 3.17. The Morgan fingerprint density at radius 3 is 2.72 bits per heavy atom. The number of aromatic nitrogens is 2. The van der Waals surface area contributed by atoms with Gasteiger partial charge in [0.25, 0.3) is 0 Å². The summed E-state index contributed by atoms with van der Waals surface area (Å²) in [7, 11) is 0. The molecule has 2 heterocycles. The van der Waals surface area contributed by atoms with Gasteiger partial charge in [0.05, 0.1) is 5.25 Å². The number of rotatable bonds is 2. The van der Waals surface area contributed by atoms with E-state index in [-0.39, 0.29) is 16.1 Å². The minimum absolute atomic E-state index is 0.00391. The quantitative estimate of drug-likeness (QED) is 0.748. The van der Waals surface area contributed by atoms with Crippen molar-refractivity contribution in [3.8, 4) is 0 Å². The lowest BCUT2D eigenvalue weighted by atomic mass is 10.1. The lowest BCUT2D eigenvalue weighted by Gasteiger charge is -2.21. The molecule has 0 aliphatic carbocycles. The number of thioether (sulfide) groups is 1. The molecule has 7 heteroatoms. The Hall–Kier alpha value is -0.300. The third-order valence-corrected chi connectivity index (χ3v) is 4.74.